The standard InChI is InChI=1S/C17H10F6/c18-16(19,20)12-7-11(8-13(9-12)17(21,22)23)15-6-2-4-10-3-1-5-14(10)15/h1-4,6-9H,5H2. The average Bonchev–Trinajstić information content (AvgIpc) is 2.93. The summed E-state index contributed by atoms with van der Waals surface area (Å²) in [7, 11) is 0. The fourth-order valence-electron chi connectivity index (χ4n) is 2.67. The minimum absolute atomic E-state index is 0.0762. The Morgan fingerprint density at radius 1 is 0.783 bits per heavy atom. The van der Waals surface area contributed by atoms with Crippen molar-refractivity contribution in [2.24, 2.45) is 0 Å². The first-order valence-electron chi connectivity index (χ1n) is 6.74. The van der Waals surface area contributed by atoms with Gasteiger partial charge in [0, 0.05) is 0 Å². The first-order chi connectivity index (χ1) is 10.7. The predicted octanol–water partition coefficient (Wildman–Crippen LogP) is 5.96. The molecule has 0 saturated carbocycles. The number of fused-ring (bicyclic) bond motifs is 1. The van der Waals surface area contributed by atoms with Gasteiger partial charge in [0.05, 0.1) is 11.1 Å². The molecule has 23 heavy (non-hydrogen) atoms. The molecule has 6 heteroatoms. The maximum atomic E-state index is 12.9. The van der Waals surface area contributed by atoms with Crippen molar-refractivity contribution < 1.29 is 26.3 Å². The molecule has 0 aromatic heterocycles. The fourth-order valence-corrected chi connectivity index (χ4v) is 2.67. The van der Waals surface area contributed by atoms with Crippen molar-refractivity contribution in [2.45, 2.75) is 18.8 Å². The van der Waals surface area contributed by atoms with Crippen LogP contribution in [0.4, 0.5) is 26.3 Å². The molecule has 0 spiro atoms. The number of halogens is 6. The van der Waals surface area contributed by atoms with Crippen molar-refractivity contribution in [1.82, 2.24) is 0 Å². The van der Waals surface area contributed by atoms with Gasteiger partial charge in [-0.05, 0) is 46.9 Å². The van der Waals surface area contributed by atoms with Crippen LogP contribution in [0.1, 0.15) is 22.3 Å². The monoisotopic (exact) mass is 328 g/mol. The van der Waals surface area contributed by atoms with Crippen molar-refractivity contribution in [3.8, 4) is 11.1 Å². The number of rotatable bonds is 1. The lowest BCUT2D eigenvalue weighted by atomic mass is 9.93. The van der Waals surface area contributed by atoms with Crippen LogP contribution in [0.5, 0.6) is 0 Å². The van der Waals surface area contributed by atoms with E-state index in [0.717, 1.165) is 23.3 Å². The van der Waals surface area contributed by atoms with Gasteiger partial charge < -0.3 is 0 Å². The molecule has 0 heterocycles. The van der Waals surface area contributed by atoms with E-state index in [1.54, 1.807) is 24.3 Å². The highest BCUT2D eigenvalue weighted by Crippen LogP contribution is 2.40. The summed E-state index contributed by atoms with van der Waals surface area (Å²) in [5.41, 5.74) is -0.734. The highest BCUT2D eigenvalue weighted by molar-refractivity contribution is 5.76. The maximum absolute atomic E-state index is 12.9. The first kappa shape index (κ1) is 15.6. The molecule has 3 rings (SSSR count). The van der Waals surface area contributed by atoms with E-state index in [2.05, 4.69) is 0 Å². The van der Waals surface area contributed by atoms with Crippen molar-refractivity contribution in [2.75, 3.05) is 0 Å². The van der Waals surface area contributed by atoms with Crippen LogP contribution in [0.25, 0.3) is 17.2 Å². The number of benzene rings is 2. The van der Waals surface area contributed by atoms with E-state index in [1.165, 1.54) is 0 Å². The minimum Gasteiger partial charge on any atom is -0.166 e. The Hall–Kier alpha value is -2.24. The minimum atomic E-state index is -4.84. The summed E-state index contributed by atoms with van der Waals surface area (Å²) < 4.78 is 77.7. The summed E-state index contributed by atoms with van der Waals surface area (Å²) in [5, 5.41) is 0. The number of allylic oxidation sites excluding steroid dienone is 1. The van der Waals surface area contributed by atoms with E-state index in [-0.39, 0.29) is 11.6 Å². The van der Waals surface area contributed by atoms with Crippen LogP contribution in [0.2, 0.25) is 0 Å². The molecule has 0 fully saturated rings. The molecule has 2 aromatic rings. The summed E-state index contributed by atoms with van der Waals surface area (Å²) in [4.78, 5) is 0. The summed E-state index contributed by atoms with van der Waals surface area (Å²) in [6.07, 6.45) is -5.56. The van der Waals surface area contributed by atoms with Crippen LogP contribution < -0.4 is 0 Å². The lowest BCUT2D eigenvalue weighted by Gasteiger charge is -2.16. The molecule has 1 aliphatic carbocycles. The van der Waals surface area contributed by atoms with Gasteiger partial charge in [-0.25, -0.2) is 0 Å². The summed E-state index contributed by atoms with van der Waals surface area (Å²) in [6, 6.07) is 6.62. The third-order valence-electron chi connectivity index (χ3n) is 3.73. The first-order valence-corrected chi connectivity index (χ1v) is 6.74. The van der Waals surface area contributed by atoms with Crippen LogP contribution in [0, 0.1) is 0 Å². The summed E-state index contributed by atoms with van der Waals surface area (Å²) >= 11 is 0. The number of hydrogen-bond acceptors (Lipinski definition) is 0. The molecular weight excluding hydrogens is 318 g/mol. The topological polar surface area (TPSA) is 0 Å². The molecule has 0 atom stereocenters. The number of hydrogen-bond donors (Lipinski definition) is 0. The van der Waals surface area contributed by atoms with Crippen LogP contribution in [0.3, 0.4) is 0 Å². The van der Waals surface area contributed by atoms with Gasteiger partial charge >= 0.3 is 12.4 Å². The predicted molar refractivity (Wildman–Crippen MR) is 74.6 cm³/mol. The molecule has 0 N–H and O–H groups in total. The van der Waals surface area contributed by atoms with Gasteiger partial charge in [0.1, 0.15) is 0 Å². The lowest BCUT2D eigenvalue weighted by Crippen LogP contribution is -2.11. The molecule has 0 radical (unpaired) electrons. The Morgan fingerprint density at radius 3 is 1.96 bits per heavy atom. The fraction of sp³-hybridized carbons (Fsp3) is 0.176. The van der Waals surface area contributed by atoms with E-state index >= 15 is 0 Å². The van der Waals surface area contributed by atoms with Crippen LogP contribution in [-0.4, -0.2) is 0 Å². The zero-order valence-electron chi connectivity index (χ0n) is 11.6. The Morgan fingerprint density at radius 2 is 1.39 bits per heavy atom. The highest BCUT2D eigenvalue weighted by Gasteiger charge is 2.37. The highest BCUT2D eigenvalue weighted by atomic mass is 19.4. The molecule has 0 nitrogen and oxygen atoms in total. The van der Waals surface area contributed by atoms with E-state index < -0.39 is 23.5 Å². The van der Waals surface area contributed by atoms with E-state index in [4.69, 9.17) is 0 Å². The van der Waals surface area contributed by atoms with Gasteiger partial charge in [0.2, 0.25) is 0 Å². The van der Waals surface area contributed by atoms with Gasteiger partial charge in [-0.1, -0.05) is 30.4 Å². The lowest BCUT2D eigenvalue weighted by molar-refractivity contribution is -0.143. The molecular formula is C17H10F6. The van der Waals surface area contributed by atoms with Crippen molar-refractivity contribution in [3.63, 3.8) is 0 Å². The van der Waals surface area contributed by atoms with Gasteiger partial charge in [0.15, 0.2) is 0 Å². The second-order valence-electron chi connectivity index (χ2n) is 5.27. The van der Waals surface area contributed by atoms with E-state index in [9.17, 15) is 26.3 Å². The van der Waals surface area contributed by atoms with Crippen LogP contribution in [-0.2, 0) is 18.8 Å². The van der Waals surface area contributed by atoms with Crippen molar-refractivity contribution in [1.29, 1.82) is 0 Å². The van der Waals surface area contributed by atoms with Crippen LogP contribution >= 0.6 is 0 Å². The van der Waals surface area contributed by atoms with Gasteiger partial charge in [0.25, 0.3) is 0 Å². The van der Waals surface area contributed by atoms with Gasteiger partial charge in [-0.2, -0.15) is 26.3 Å². The molecule has 1 aliphatic rings. The van der Waals surface area contributed by atoms with Crippen molar-refractivity contribution >= 4 is 6.08 Å². The Kier molecular flexibility index (Phi) is 3.50. The number of alkyl halides is 6. The molecule has 0 bridgehead atoms. The third kappa shape index (κ3) is 2.98. The van der Waals surface area contributed by atoms with Gasteiger partial charge in [-0.3, -0.25) is 0 Å². The smallest absolute Gasteiger partial charge is 0.166 e. The summed E-state index contributed by atoms with van der Waals surface area (Å²) in [5.74, 6) is 0. The summed E-state index contributed by atoms with van der Waals surface area (Å²) in [6.45, 7) is 0. The molecule has 0 unspecified atom stereocenters. The quantitative estimate of drug-likeness (QED) is 0.567. The third-order valence-corrected chi connectivity index (χ3v) is 3.73. The SMILES string of the molecule is FC(F)(F)c1cc(-c2cccc3c2CC=C3)cc(C(F)(F)F)c1. The van der Waals surface area contributed by atoms with E-state index in [0.29, 0.717) is 12.0 Å². The molecule has 0 amide bonds. The molecule has 0 aliphatic heterocycles. The second-order valence-corrected chi connectivity index (χ2v) is 5.27. The van der Waals surface area contributed by atoms with Crippen molar-refractivity contribution in [3.05, 3.63) is 64.7 Å². The zero-order valence-corrected chi connectivity index (χ0v) is 11.6. The second kappa shape index (κ2) is 5.15. The largest absolute Gasteiger partial charge is 0.416 e. The molecule has 2 aromatic carbocycles. The Bertz CT molecular complexity index is 748. The maximum Gasteiger partial charge on any atom is 0.416 e. The average molecular weight is 328 g/mol. The Balaban J connectivity index is 2.22. The normalized spacial score (nSPS) is 14.2. The molecule has 0 saturated heterocycles. The Labute approximate surface area is 128 Å². The van der Waals surface area contributed by atoms with E-state index in [1.807, 2.05) is 6.08 Å². The zero-order chi connectivity index (χ0) is 16.8. The molecule has 120 valence electrons. The van der Waals surface area contributed by atoms with Crippen LogP contribution in [0.15, 0.2) is 42.5 Å². The van der Waals surface area contributed by atoms with Gasteiger partial charge in [-0.15, -0.1) is 0 Å².